The lowest BCUT2D eigenvalue weighted by molar-refractivity contribution is -0.124. The van der Waals surface area contributed by atoms with Crippen LogP contribution in [0.1, 0.15) is 118 Å². The van der Waals surface area contributed by atoms with E-state index in [1.54, 1.807) is 18.2 Å². The lowest BCUT2D eigenvalue weighted by Crippen LogP contribution is -2.35. The zero-order chi connectivity index (χ0) is 42.0. The van der Waals surface area contributed by atoms with Crippen LogP contribution in [-0.2, 0) is 35.3 Å². The van der Waals surface area contributed by atoms with Gasteiger partial charge in [-0.05, 0) is 159 Å². The first-order valence-electron chi connectivity index (χ1n) is 22.1. The van der Waals surface area contributed by atoms with E-state index in [1.165, 1.54) is 36.3 Å². The van der Waals surface area contributed by atoms with Crippen LogP contribution in [0.4, 0.5) is 0 Å². The minimum atomic E-state index is -0.536. The first-order valence-corrected chi connectivity index (χ1v) is 22.1. The largest absolute Gasteiger partial charge is 0.504 e. The van der Waals surface area contributed by atoms with Gasteiger partial charge in [0, 0.05) is 12.6 Å². The molecule has 59 heavy (non-hydrogen) atoms. The van der Waals surface area contributed by atoms with Crippen molar-refractivity contribution in [3.05, 3.63) is 124 Å². The molecule has 0 radical (unpaired) electrons. The number of carbonyl (C=O) groups excluding carboxylic acids is 2. The molecule has 3 aromatic carbocycles. The molecule has 1 heterocycles. The highest BCUT2D eigenvalue weighted by molar-refractivity contribution is 6.06. The molecular weight excluding hydrogens is 735 g/mol. The smallest absolute Gasteiger partial charge is 0.163 e. The number of nitrogens with two attached hydrogens (primary N) is 1. The molecule has 0 bridgehead atoms. The van der Waals surface area contributed by atoms with Crippen LogP contribution in [0.15, 0.2) is 96.2 Å². The lowest BCUT2D eigenvalue weighted by Gasteiger charge is -2.34. The van der Waals surface area contributed by atoms with Crippen molar-refractivity contribution >= 4 is 17.6 Å². The molecule has 0 amide bonds. The Morgan fingerprint density at radius 2 is 1.66 bits per heavy atom. The summed E-state index contributed by atoms with van der Waals surface area (Å²) in [5.74, 6) is 0.988. The number of phenolic OH excluding ortho intramolecular Hbond substituents is 1. The van der Waals surface area contributed by atoms with E-state index < -0.39 is 5.60 Å². The standard InChI is InChI=1S/C51H69N3O5/c1-37(35-53-2)28-41(24-27-51(58)25-8-5-9-26-51)16-11-17-46(55)34-47(56)23-22-42-32-49(59-3)48(57)31-44(42)30-45-36-54-50(52)33-43(45)21-20-40-15-10-14-39(29-40)19-18-38-12-6-4-7-13-38/h4,6-7,10,12-15,22-23,29,31-33,36-37,41,50,53-54,57-58H,5,8-9,11,16-21,24-28,30,34-35,52H2,1-3H3/b23-22+/t37-,41-,50?/m1/s1. The van der Waals surface area contributed by atoms with E-state index >= 15 is 0 Å². The summed E-state index contributed by atoms with van der Waals surface area (Å²) in [5, 5.41) is 28.5. The Kier molecular flexibility index (Phi) is 18.0. The molecule has 6 N–H and O–H groups in total. The minimum absolute atomic E-state index is 0.0200. The molecule has 0 spiro atoms. The van der Waals surface area contributed by atoms with Gasteiger partial charge in [0.1, 0.15) is 5.78 Å². The Hall–Kier alpha value is -4.50. The van der Waals surface area contributed by atoms with Gasteiger partial charge in [0.15, 0.2) is 17.3 Å². The van der Waals surface area contributed by atoms with Crippen molar-refractivity contribution in [3.8, 4) is 11.5 Å². The minimum Gasteiger partial charge on any atom is -0.504 e. The van der Waals surface area contributed by atoms with Gasteiger partial charge in [0.2, 0.25) is 0 Å². The maximum atomic E-state index is 13.2. The van der Waals surface area contributed by atoms with Gasteiger partial charge in [-0.2, -0.15) is 0 Å². The average molecular weight is 804 g/mol. The van der Waals surface area contributed by atoms with Gasteiger partial charge >= 0.3 is 0 Å². The van der Waals surface area contributed by atoms with Gasteiger partial charge in [-0.15, -0.1) is 0 Å². The highest BCUT2D eigenvalue weighted by Gasteiger charge is 2.30. The number of aryl methyl sites for hydroxylation is 3. The van der Waals surface area contributed by atoms with Crippen LogP contribution in [0, 0.1) is 11.8 Å². The molecule has 5 rings (SSSR count). The zero-order valence-corrected chi connectivity index (χ0v) is 35.8. The summed E-state index contributed by atoms with van der Waals surface area (Å²) in [4.78, 5) is 26.2. The number of hydrogen-bond acceptors (Lipinski definition) is 8. The fourth-order valence-electron chi connectivity index (χ4n) is 8.95. The first kappa shape index (κ1) is 45.6. The van der Waals surface area contributed by atoms with Crippen molar-refractivity contribution in [2.24, 2.45) is 17.6 Å². The zero-order valence-electron chi connectivity index (χ0n) is 35.8. The maximum Gasteiger partial charge on any atom is 0.163 e. The van der Waals surface area contributed by atoms with Crippen molar-refractivity contribution in [1.29, 1.82) is 0 Å². The Morgan fingerprint density at radius 1 is 0.949 bits per heavy atom. The molecule has 3 aromatic rings. The predicted molar refractivity (Wildman–Crippen MR) is 240 cm³/mol. The summed E-state index contributed by atoms with van der Waals surface area (Å²) in [7, 11) is 3.48. The molecule has 318 valence electrons. The van der Waals surface area contributed by atoms with Gasteiger partial charge in [0.25, 0.3) is 0 Å². The molecule has 8 nitrogen and oxygen atoms in total. The average Bonchev–Trinajstić information content (AvgIpc) is 3.22. The number of dihydropyridines is 1. The molecule has 0 aromatic heterocycles. The van der Waals surface area contributed by atoms with Crippen LogP contribution >= 0.6 is 0 Å². The Bertz CT molecular complexity index is 1890. The number of aliphatic hydroxyl groups is 1. The van der Waals surface area contributed by atoms with Gasteiger partial charge in [-0.1, -0.05) is 93.3 Å². The van der Waals surface area contributed by atoms with Crippen LogP contribution < -0.4 is 21.1 Å². The third-order valence-corrected chi connectivity index (χ3v) is 12.3. The predicted octanol–water partition coefficient (Wildman–Crippen LogP) is 9.11. The Labute approximate surface area is 353 Å². The number of ketones is 2. The summed E-state index contributed by atoms with van der Waals surface area (Å²) in [6.45, 7) is 3.20. The summed E-state index contributed by atoms with van der Waals surface area (Å²) < 4.78 is 5.44. The van der Waals surface area contributed by atoms with Gasteiger partial charge in [-0.25, -0.2) is 0 Å². The number of methoxy groups -OCH3 is 1. The van der Waals surface area contributed by atoms with Crippen molar-refractivity contribution < 1.29 is 24.5 Å². The van der Waals surface area contributed by atoms with Crippen molar-refractivity contribution in [2.75, 3.05) is 20.7 Å². The number of benzene rings is 3. The molecule has 8 heteroatoms. The molecule has 2 aliphatic rings. The number of ether oxygens (including phenoxy) is 1. The molecule has 1 aliphatic carbocycles. The van der Waals surface area contributed by atoms with Crippen LogP contribution in [0.5, 0.6) is 11.5 Å². The normalized spacial score (nSPS) is 17.5. The van der Waals surface area contributed by atoms with Crippen LogP contribution in [-0.4, -0.2) is 54.2 Å². The summed E-state index contributed by atoms with van der Waals surface area (Å²) >= 11 is 0. The highest BCUT2D eigenvalue weighted by atomic mass is 16.5. The summed E-state index contributed by atoms with van der Waals surface area (Å²) in [6.07, 6.45) is 21.0. The highest BCUT2D eigenvalue weighted by Crippen LogP contribution is 2.36. The molecular formula is C51H69N3O5. The number of rotatable bonds is 24. The quantitative estimate of drug-likeness (QED) is 0.0448. The third-order valence-electron chi connectivity index (χ3n) is 12.3. The fraction of sp³-hybridized carbons (Fsp3) is 0.490. The van der Waals surface area contributed by atoms with Gasteiger partial charge in [0.05, 0.1) is 25.3 Å². The molecule has 1 unspecified atom stereocenters. The van der Waals surface area contributed by atoms with E-state index in [0.717, 1.165) is 112 Å². The number of hydrogen-bond donors (Lipinski definition) is 5. The van der Waals surface area contributed by atoms with Crippen molar-refractivity contribution in [1.82, 2.24) is 10.6 Å². The topological polar surface area (TPSA) is 134 Å². The monoisotopic (exact) mass is 804 g/mol. The SMILES string of the molecule is CNC[C@H](C)C[C@H](CCCC(=O)CC(=O)/C=C/c1cc(OC)c(O)cc1CC1=CNC(N)C=C1CCc1cccc(CCc2ccccc2)c1)CCC1(O)CCCCC1. The summed E-state index contributed by atoms with van der Waals surface area (Å²) in [6, 6.07) is 22.8. The fourth-order valence-corrected chi connectivity index (χ4v) is 8.95. The second-order valence-corrected chi connectivity index (χ2v) is 17.3. The lowest BCUT2D eigenvalue weighted by atomic mass is 9.78. The van der Waals surface area contributed by atoms with Gasteiger partial charge in [-0.3, -0.25) is 9.59 Å². The van der Waals surface area contributed by atoms with Gasteiger partial charge < -0.3 is 31.3 Å². The van der Waals surface area contributed by atoms with E-state index in [-0.39, 0.29) is 29.9 Å². The number of nitrogens with one attached hydrogen (secondary N) is 2. The molecule has 1 fully saturated rings. The summed E-state index contributed by atoms with van der Waals surface area (Å²) in [5.41, 5.74) is 13.5. The number of carbonyl (C=O) groups is 2. The Morgan fingerprint density at radius 3 is 2.39 bits per heavy atom. The second kappa shape index (κ2) is 23.3. The third kappa shape index (κ3) is 15.2. The van der Waals surface area contributed by atoms with E-state index in [0.29, 0.717) is 30.4 Å². The molecule has 1 aliphatic heterocycles. The number of Topliss-reactive ketones (excluding diaryl/α,β-unsaturated/α-hetero) is 1. The van der Waals surface area contributed by atoms with E-state index in [1.807, 2.05) is 19.3 Å². The van der Waals surface area contributed by atoms with Crippen LogP contribution in [0.2, 0.25) is 0 Å². The number of allylic oxidation sites excluding steroid dienone is 3. The van der Waals surface area contributed by atoms with Crippen LogP contribution in [0.3, 0.4) is 0 Å². The van der Waals surface area contributed by atoms with E-state index in [9.17, 15) is 19.8 Å². The molecule has 1 saturated carbocycles. The second-order valence-electron chi connectivity index (χ2n) is 17.3. The van der Waals surface area contributed by atoms with E-state index in [4.69, 9.17) is 10.5 Å². The maximum absolute atomic E-state index is 13.2. The Balaban J connectivity index is 1.17. The number of aromatic hydroxyl groups is 1. The molecule has 0 saturated heterocycles. The van der Waals surface area contributed by atoms with Crippen molar-refractivity contribution in [3.63, 3.8) is 0 Å². The number of phenols is 1. The van der Waals surface area contributed by atoms with E-state index in [2.05, 4.69) is 72.2 Å². The first-order chi connectivity index (χ1) is 28.5. The van der Waals surface area contributed by atoms with Crippen LogP contribution in [0.25, 0.3) is 6.08 Å². The molecule has 3 atom stereocenters. The van der Waals surface area contributed by atoms with Crippen molar-refractivity contribution in [2.45, 2.75) is 128 Å².